The van der Waals surface area contributed by atoms with Gasteiger partial charge in [-0.2, -0.15) is 0 Å². The molecule has 0 saturated heterocycles. The molecule has 0 fully saturated rings. The van der Waals surface area contributed by atoms with E-state index in [0.29, 0.717) is 6.54 Å². The molecule has 0 unspecified atom stereocenters. The number of nitrogens with one attached hydrogen (secondary N) is 1. The summed E-state index contributed by atoms with van der Waals surface area (Å²) in [6.45, 7) is 9.01. The number of para-hydroxylation sites is 2. The molecule has 0 aliphatic rings. The van der Waals surface area contributed by atoms with E-state index < -0.39 is 0 Å². The SMILES string of the molecule is CCc1nc2ccccc2n1CC(=O)N[C@H](C)Cn1nnc2cc(C)c(C)cc21. The zero-order valence-corrected chi connectivity index (χ0v) is 17.3. The van der Waals surface area contributed by atoms with Gasteiger partial charge in [0.05, 0.1) is 23.1 Å². The van der Waals surface area contributed by atoms with Crippen molar-refractivity contribution in [2.45, 2.75) is 53.2 Å². The predicted octanol–water partition coefficient (Wildman–Crippen LogP) is 3.17. The minimum atomic E-state index is -0.0751. The van der Waals surface area contributed by atoms with Crippen LogP contribution in [0, 0.1) is 13.8 Å². The minimum Gasteiger partial charge on any atom is -0.350 e. The molecule has 7 nitrogen and oxygen atoms in total. The molecule has 0 bridgehead atoms. The van der Waals surface area contributed by atoms with E-state index in [-0.39, 0.29) is 18.5 Å². The summed E-state index contributed by atoms with van der Waals surface area (Å²) in [7, 11) is 0. The second kappa shape index (κ2) is 7.66. The fraction of sp³-hybridized carbons (Fsp3) is 0.364. The van der Waals surface area contributed by atoms with E-state index in [0.717, 1.165) is 34.3 Å². The molecule has 1 N–H and O–H groups in total. The third-order valence-electron chi connectivity index (χ3n) is 5.34. The molecule has 2 aromatic heterocycles. The summed E-state index contributed by atoms with van der Waals surface area (Å²) in [6.07, 6.45) is 0.779. The van der Waals surface area contributed by atoms with Crippen molar-refractivity contribution in [3.05, 3.63) is 53.3 Å². The molecule has 1 amide bonds. The lowest BCUT2D eigenvalue weighted by Gasteiger charge is -2.15. The Balaban J connectivity index is 1.48. The van der Waals surface area contributed by atoms with Gasteiger partial charge in [-0.1, -0.05) is 24.3 Å². The number of carbonyl (C=O) groups is 1. The molecule has 0 radical (unpaired) electrons. The van der Waals surface area contributed by atoms with Gasteiger partial charge in [0.2, 0.25) is 5.91 Å². The largest absolute Gasteiger partial charge is 0.350 e. The number of hydrogen-bond acceptors (Lipinski definition) is 4. The molecular weight excluding hydrogens is 364 g/mol. The van der Waals surface area contributed by atoms with E-state index in [2.05, 4.69) is 47.5 Å². The van der Waals surface area contributed by atoms with Crippen molar-refractivity contribution in [2.75, 3.05) is 0 Å². The van der Waals surface area contributed by atoms with Crippen molar-refractivity contribution in [3.8, 4) is 0 Å². The second-order valence-corrected chi connectivity index (χ2v) is 7.62. The molecule has 4 aromatic rings. The number of hydrogen-bond donors (Lipinski definition) is 1. The summed E-state index contributed by atoms with van der Waals surface area (Å²) in [4.78, 5) is 17.4. The van der Waals surface area contributed by atoms with Crippen LogP contribution < -0.4 is 5.32 Å². The van der Waals surface area contributed by atoms with E-state index >= 15 is 0 Å². The Morgan fingerprint density at radius 3 is 2.66 bits per heavy atom. The third kappa shape index (κ3) is 3.72. The van der Waals surface area contributed by atoms with Crippen molar-refractivity contribution in [2.24, 2.45) is 0 Å². The molecule has 0 spiro atoms. The van der Waals surface area contributed by atoms with E-state index in [1.807, 2.05) is 46.5 Å². The smallest absolute Gasteiger partial charge is 0.240 e. The molecule has 2 aromatic carbocycles. The van der Waals surface area contributed by atoms with Crippen LogP contribution in [0.15, 0.2) is 36.4 Å². The van der Waals surface area contributed by atoms with Crippen LogP contribution in [0.3, 0.4) is 0 Å². The molecule has 0 aliphatic carbocycles. The van der Waals surface area contributed by atoms with Crippen LogP contribution in [0.4, 0.5) is 0 Å². The third-order valence-corrected chi connectivity index (χ3v) is 5.34. The Labute approximate surface area is 169 Å². The molecular formula is C22H26N6O. The number of aromatic nitrogens is 5. The maximum atomic E-state index is 12.7. The van der Waals surface area contributed by atoms with E-state index in [4.69, 9.17) is 0 Å². The lowest BCUT2D eigenvalue weighted by atomic mass is 10.1. The zero-order chi connectivity index (χ0) is 20.5. The van der Waals surface area contributed by atoms with E-state index in [1.165, 1.54) is 11.1 Å². The predicted molar refractivity (Wildman–Crippen MR) is 114 cm³/mol. The van der Waals surface area contributed by atoms with Crippen LogP contribution in [0.25, 0.3) is 22.1 Å². The fourth-order valence-corrected chi connectivity index (χ4v) is 3.70. The van der Waals surface area contributed by atoms with Crippen LogP contribution in [0.1, 0.15) is 30.8 Å². The second-order valence-electron chi connectivity index (χ2n) is 7.62. The van der Waals surface area contributed by atoms with Crippen molar-refractivity contribution in [3.63, 3.8) is 0 Å². The topological polar surface area (TPSA) is 77.6 Å². The average molecular weight is 390 g/mol. The Morgan fingerprint density at radius 1 is 1.10 bits per heavy atom. The standard InChI is InChI=1S/C22H26N6O/c1-5-21-24-17-8-6-7-9-19(17)27(21)13-22(29)23-16(4)12-28-20-11-15(3)14(2)10-18(20)25-26-28/h6-11,16H,5,12-13H2,1-4H3,(H,23,29)/t16-/m1/s1. The minimum absolute atomic E-state index is 0.0354. The number of aryl methyl sites for hydroxylation is 3. The highest BCUT2D eigenvalue weighted by Crippen LogP contribution is 2.18. The van der Waals surface area contributed by atoms with Crippen molar-refractivity contribution in [1.29, 1.82) is 0 Å². The molecule has 29 heavy (non-hydrogen) atoms. The van der Waals surface area contributed by atoms with Gasteiger partial charge in [0.1, 0.15) is 17.9 Å². The van der Waals surface area contributed by atoms with Gasteiger partial charge < -0.3 is 9.88 Å². The number of rotatable bonds is 6. The first-order chi connectivity index (χ1) is 14.0. The first kappa shape index (κ1) is 19.1. The van der Waals surface area contributed by atoms with Crippen LogP contribution in [0.5, 0.6) is 0 Å². The quantitative estimate of drug-likeness (QED) is 0.549. The molecule has 0 aliphatic heterocycles. The van der Waals surface area contributed by atoms with Crippen LogP contribution in [-0.2, 0) is 24.3 Å². The Bertz CT molecular complexity index is 1190. The van der Waals surface area contributed by atoms with Crippen LogP contribution >= 0.6 is 0 Å². The number of carbonyl (C=O) groups excluding carboxylic acids is 1. The van der Waals surface area contributed by atoms with Crippen molar-refractivity contribution >= 4 is 28.0 Å². The lowest BCUT2D eigenvalue weighted by Crippen LogP contribution is -2.38. The Morgan fingerprint density at radius 2 is 1.86 bits per heavy atom. The summed E-state index contributed by atoms with van der Waals surface area (Å²) in [5, 5.41) is 11.6. The van der Waals surface area contributed by atoms with Gasteiger partial charge in [-0.15, -0.1) is 5.10 Å². The van der Waals surface area contributed by atoms with Crippen LogP contribution in [0.2, 0.25) is 0 Å². The Kier molecular flexibility index (Phi) is 5.05. The number of amides is 1. The van der Waals surface area contributed by atoms with Crippen molar-refractivity contribution in [1.82, 2.24) is 29.9 Å². The number of imidazole rings is 1. The number of fused-ring (bicyclic) bond motifs is 2. The maximum absolute atomic E-state index is 12.7. The monoisotopic (exact) mass is 390 g/mol. The highest BCUT2D eigenvalue weighted by atomic mass is 16.2. The summed E-state index contributed by atoms with van der Waals surface area (Å²) in [5.74, 6) is 0.883. The highest BCUT2D eigenvalue weighted by Gasteiger charge is 2.15. The van der Waals surface area contributed by atoms with Gasteiger partial charge in [-0.3, -0.25) is 4.79 Å². The summed E-state index contributed by atoms with van der Waals surface area (Å²) in [5.41, 5.74) is 6.18. The van der Waals surface area contributed by atoms with Gasteiger partial charge in [-0.05, 0) is 56.2 Å². The van der Waals surface area contributed by atoms with E-state index in [1.54, 1.807) is 0 Å². The number of benzene rings is 2. The summed E-state index contributed by atoms with van der Waals surface area (Å²) < 4.78 is 3.85. The normalized spacial score (nSPS) is 12.6. The first-order valence-corrected chi connectivity index (χ1v) is 10.00. The zero-order valence-electron chi connectivity index (χ0n) is 17.3. The first-order valence-electron chi connectivity index (χ1n) is 10.00. The fourth-order valence-electron chi connectivity index (χ4n) is 3.70. The van der Waals surface area contributed by atoms with Gasteiger partial charge in [0.15, 0.2) is 0 Å². The lowest BCUT2D eigenvalue weighted by molar-refractivity contribution is -0.122. The average Bonchev–Trinajstić information content (AvgIpc) is 3.23. The van der Waals surface area contributed by atoms with E-state index in [9.17, 15) is 4.79 Å². The maximum Gasteiger partial charge on any atom is 0.240 e. The molecule has 0 saturated carbocycles. The molecule has 1 atom stereocenters. The Hall–Kier alpha value is -3.22. The summed E-state index contributed by atoms with van der Waals surface area (Å²) in [6, 6.07) is 12.0. The van der Waals surface area contributed by atoms with Gasteiger partial charge >= 0.3 is 0 Å². The van der Waals surface area contributed by atoms with Crippen molar-refractivity contribution < 1.29 is 4.79 Å². The molecule has 4 rings (SSSR count). The van der Waals surface area contributed by atoms with Crippen LogP contribution in [-0.4, -0.2) is 36.5 Å². The molecule has 7 heteroatoms. The molecule has 2 heterocycles. The molecule has 150 valence electrons. The summed E-state index contributed by atoms with van der Waals surface area (Å²) >= 11 is 0. The number of nitrogens with zero attached hydrogens (tertiary/aromatic N) is 5. The van der Waals surface area contributed by atoms with Gasteiger partial charge in [0, 0.05) is 12.5 Å². The van der Waals surface area contributed by atoms with Gasteiger partial charge in [0.25, 0.3) is 0 Å². The van der Waals surface area contributed by atoms with Gasteiger partial charge in [-0.25, -0.2) is 9.67 Å². The highest BCUT2D eigenvalue weighted by molar-refractivity contribution is 5.81.